The molecule has 0 aliphatic heterocycles. The minimum atomic E-state index is -1.13. The summed E-state index contributed by atoms with van der Waals surface area (Å²) in [6.07, 6.45) is 3.10. The number of hydrogen-bond acceptors (Lipinski definition) is 3. The van der Waals surface area contributed by atoms with E-state index < -0.39 is 17.5 Å². The maximum atomic E-state index is 14.8. The fourth-order valence-corrected chi connectivity index (χ4v) is 3.70. The van der Waals surface area contributed by atoms with Crippen LogP contribution in [0.3, 0.4) is 0 Å². The Morgan fingerprint density at radius 3 is 2.46 bits per heavy atom. The summed E-state index contributed by atoms with van der Waals surface area (Å²) >= 11 is 5.16. The van der Waals surface area contributed by atoms with Crippen LogP contribution < -0.4 is 10.2 Å². The van der Waals surface area contributed by atoms with Crippen molar-refractivity contribution < 1.29 is 13.6 Å². The summed E-state index contributed by atoms with van der Waals surface area (Å²) in [5.41, 5.74) is 1.80. The minimum Gasteiger partial charge on any atom is -0.352 e. The fraction of sp³-hybridized carbons (Fsp3) is 0.100. The van der Waals surface area contributed by atoms with E-state index in [4.69, 9.17) is 0 Å². The molecule has 0 aliphatic rings. The smallest absolute Gasteiger partial charge is 0.260 e. The second-order valence-corrected chi connectivity index (χ2v) is 8.16. The molecule has 1 aromatic heterocycles. The molecular formula is C20H15BrF2IN3O. The van der Waals surface area contributed by atoms with Gasteiger partial charge in [0, 0.05) is 34.4 Å². The third-order valence-electron chi connectivity index (χ3n) is 4.20. The Bertz CT molecular complexity index is 1050. The van der Waals surface area contributed by atoms with E-state index in [1.807, 2.05) is 19.1 Å². The molecule has 1 amide bonds. The molecule has 144 valence electrons. The monoisotopic (exact) mass is 557 g/mol. The maximum Gasteiger partial charge on any atom is 0.260 e. The van der Waals surface area contributed by atoms with Crippen LogP contribution in [0.15, 0.2) is 53.3 Å². The van der Waals surface area contributed by atoms with Gasteiger partial charge in [-0.3, -0.25) is 9.78 Å². The summed E-state index contributed by atoms with van der Waals surface area (Å²) in [6, 6.07) is 10.1. The number of aryl methyl sites for hydroxylation is 1. The number of carbonyl (C=O) groups is 1. The Morgan fingerprint density at radius 1 is 1.14 bits per heavy atom. The molecule has 0 aliphatic carbocycles. The number of hydrogen-bond donors (Lipinski definition) is 1. The molecule has 0 unspecified atom stereocenters. The molecule has 3 aromatic rings. The van der Waals surface area contributed by atoms with E-state index in [0.717, 1.165) is 9.13 Å². The summed E-state index contributed by atoms with van der Waals surface area (Å²) in [5, 5.41) is 2.89. The van der Waals surface area contributed by atoms with Gasteiger partial charge in [0.25, 0.3) is 5.91 Å². The Morgan fingerprint density at radius 2 is 1.82 bits per heavy atom. The van der Waals surface area contributed by atoms with Crippen LogP contribution in [0.5, 0.6) is 0 Å². The Kier molecular flexibility index (Phi) is 6.29. The zero-order valence-electron chi connectivity index (χ0n) is 14.9. The van der Waals surface area contributed by atoms with Crippen molar-refractivity contribution >= 4 is 61.5 Å². The fourth-order valence-electron chi connectivity index (χ4n) is 2.65. The standard InChI is InChI=1S/C20H15BrF2IN3O/c1-11-9-12(24)3-4-16(11)26-19-14(10-15(21)17(22)18(19)23)20(28)27(2)13-5-7-25-8-6-13/h3-10,26H,1-2H3. The van der Waals surface area contributed by atoms with E-state index in [2.05, 4.69) is 48.8 Å². The number of carbonyl (C=O) groups excluding carboxylic acids is 1. The molecule has 0 fully saturated rings. The molecule has 1 heterocycles. The normalized spacial score (nSPS) is 10.6. The largest absolute Gasteiger partial charge is 0.352 e. The molecule has 0 radical (unpaired) electrons. The quantitative estimate of drug-likeness (QED) is 0.313. The highest BCUT2D eigenvalue weighted by molar-refractivity contribution is 14.1. The summed E-state index contributed by atoms with van der Waals surface area (Å²) < 4.78 is 29.9. The van der Waals surface area contributed by atoms with Crippen LogP contribution in [0, 0.1) is 22.1 Å². The Labute approximate surface area is 183 Å². The first-order valence-corrected chi connectivity index (χ1v) is 10.1. The third-order valence-corrected chi connectivity index (χ3v) is 5.44. The Balaban J connectivity index is 2.09. The van der Waals surface area contributed by atoms with Crippen molar-refractivity contribution in [3.8, 4) is 0 Å². The van der Waals surface area contributed by atoms with E-state index >= 15 is 0 Å². The van der Waals surface area contributed by atoms with Gasteiger partial charge in [-0.2, -0.15) is 0 Å². The highest BCUT2D eigenvalue weighted by Crippen LogP contribution is 2.33. The lowest BCUT2D eigenvalue weighted by Gasteiger charge is -2.21. The van der Waals surface area contributed by atoms with Crippen molar-refractivity contribution in [2.75, 3.05) is 17.3 Å². The molecular weight excluding hydrogens is 543 g/mol. The number of benzene rings is 2. The molecule has 0 bridgehead atoms. The van der Waals surface area contributed by atoms with Crippen LogP contribution in [0.1, 0.15) is 15.9 Å². The lowest BCUT2D eigenvalue weighted by atomic mass is 10.1. The van der Waals surface area contributed by atoms with Crippen molar-refractivity contribution in [3.05, 3.63) is 79.6 Å². The van der Waals surface area contributed by atoms with E-state index in [-0.39, 0.29) is 15.7 Å². The van der Waals surface area contributed by atoms with Gasteiger partial charge in [0.2, 0.25) is 0 Å². The summed E-state index contributed by atoms with van der Waals surface area (Å²) in [6.45, 7) is 1.85. The molecule has 4 nitrogen and oxygen atoms in total. The molecule has 0 saturated heterocycles. The van der Waals surface area contributed by atoms with E-state index in [1.54, 1.807) is 37.6 Å². The van der Waals surface area contributed by atoms with Gasteiger partial charge in [0.1, 0.15) is 0 Å². The van der Waals surface area contributed by atoms with Gasteiger partial charge < -0.3 is 10.2 Å². The lowest BCUT2D eigenvalue weighted by Crippen LogP contribution is -2.27. The van der Waals surface area contributed by atoms with E-state index in [0.29, 0.717) is 11.4 Å². The van der Waals surface area contributed by atoms with Crippen LogP contribution >= 0.6 is 38.5 Å². The first kappa shape index (κ1) is 20.7. The summed E-state index contributed by atoms with van der Waals surface area (Å²) in [7, 11) is 1.56. The number of pyridine rings is 1. The van der Waals surface area contributed by atoms with Crippen LogP contribution in [0.25, 0.3) is 0 Å². The van der Waals surface area contributed by atoms with Crippen molar-refractivity contribution in [2.24, 2.45) is 0 Å². The zero-order valence-corrected chi connectivity index (χ0v) is 18.7. The van der Waals surface area contributed by atoms with Gasteiger partial charge >= 0.3 is 0 Å². The van der Waals surface area contributed by atoms with Crippen molar-refractivity contribution in [1.82, 2.24) is 4.98 Å². The highest BCUT2D eigenvalue weighted by atomic mass is 127. The molecule has 28 heavy (non-hydrogen) atoms. The minimum absolute atomic E-state index is 0.00281. The average molecular weight is 558 g/mol. The second kappa shape index (κ2) is 8.52. The number of halogens is 4. The third kappa shape index (κ3) is 4.17. The molecule has 3 rings (SSSR count). The van der Waals surface area contributed by atoms with Gasteiger partial charge in [0.05, 0.1) is 15.7 Å². The van der Waals surface area contributed by atoms with Crippen molar-refractivity contribution in [2.45, 2.75) is 6.92 Å². The predicted molar refractivity (Wildman–Crippen MR) is 118 cm³/mol. The number of aromatic nitrogens is 1. The zero-order chi connectivity index (χ0) is 20.4. The SMILES string of the molecule is Cc1cc(I)ccc1Nc1c(C(=O)N(C)c2ccncc2)cc(Br)c(F)c1F. The number of nitrogens with one attached hydrogen (secondary N) is 1. The number of rotatable bonds is 4. The first-order chi connectivity index (χ1) is 13.3. The van der Waals surface area contributed by atoms with Gasteiger partial charge in [-0.15, -0.1) is 0 Å². The van der Waals surface area contributed by atoms with Gasteiger partial charge in [0.15, 0.2) is 11.6 Å². The van der Waals surface area contributed by atoms with Gasteiger partial charge in [-0.25, -0.2) is 8.78 Å². The molecule has 2 aromatic carbocycles. The number of amides is 1. The molecule has 0 saturated carbocycles. The number of anilines is 3. The first-order valence-electron chi connectivity index (χ1n) is 8.18. The van der Waals surface area contributed by atoms with Crippen molar-refractivity contribution in [1.29, 1.82) is 0 Å². The molecule has 1 N–H and O–H groups in total. The summed E-state index contributed by atoms with van der Waals surface area (Å²) in [4.78, 5) is 18.3. The molecule has 8 heteroatoms. The lowest BCUT2D eigenvalue weighted by molar-refractivity contribution is 0.0993. The average Bonchev–Trinajstić information content (AvgIpc) is 2.69. The van der Waals surface area contributed by atoms with Crippen molar-refractivity contribution in [3.63, 3.8) is 0 Å². The van der Waals surface area contributed by atoms with Crippen LogP contribution in [-0.2, 0) is 0 Å². The maximum absolute atomic E-state index is 14.8. The van der Waals surface area contributed by atoms with Gasteiger partial charge in [-0.05, 0) is 87.4 Å². The topological polar surface area (TPSA) is 45.2 Å². The van der Waals surface area contributed by atoms with Crippen LogP contribution in [-0.4, -0.2) is 17.9 Å². The molecule has 0 atom stereocenters. The number of nitrogens with zero attached hydrogens (tertiary/aromatic N) is 2. The van der Waals surface area contributed by atoms with E-state index in [1.165, 1.54) is 11.0 Å². The predicted octanol–water partition coefficient (Wildman–Crippen LogP) is 6.06. The molecule has 0 spiro atoms. The van der Waals surface area contributed by atoms with Crippen LogP contribution in [0.2, 0.25) is 0 Å². The summed E-state index contributed by atoms with van der Waals surface area (Å²) in [5.74, 6) is -2.68. The highest BCUT2D eigenvalue weighted by Gasteiger charge is 2.25. The Hall–Kier alpha value is -2.07. The van der Waals surface area contributed by atoms with Crippen LogP contribution in [0.4, 0.5) is 25.8 Å². The van der Waals surface area contributed by atoms with Gasteiger partial charge in [-0.1, -0.05) is 0 Å². The second-order valence-electron chi connectivity index (χ2n) is 6.06. The van der Waals surface area contributed by atoms with E-state index in [9.17, 15) is 13.6 Å².